The van der Waals surface area contributed by atoms with Crippen molar-refractivity contribution in [2.75, 3.05) is 0 Å². The van der Waals surface area contributed by atoms with Crippen LogP contribution in [0, 0.1) is 0 Å². The molecule has 3 aromatic rings. The number of hydrogen-bond donors (Lipinski definition) is 1. The van der Waals surface area contributed by atoms with Crippen LogP contribution in [-0.2, 0) is 11.3 Å². The van der Waals surface area contributed by atoms with Crippen LogP contribution in [0.25, 0.3) is 12.2 Å². The van der Waals surface area contributed by atoms with Crippen molar-refractivity contribution < 1.29 is 24.3 Å². The summed E-state index contributed by atoms with van der Waals surface area (Å²) in [5, 5.41) is 8.62. The lowest BCUT2D eigenvalue weighted by Crippen LogP contribution is -2.27. The molecular formula is C27H18BrNO5S. The summed E-state index contributed by atoms with van der Waals surface area (Å²) in [6.07, 6.45) is 4.88. The summed E-state index contributed by atoms with van der Waals surface area (Å²) in [6.45, 7) is 0.0671. The first-order valence-corrected chi connectivity index (χ1v) is 12.1. The first-order chi connectivity index (χ1) is 16.8. The molecule has 0 unspecified atom stereocenters. The highest BCUT2D eigenvalue weighted by Gasteiger charge is 2.34. The van der Waals surface area contributed by atoms with Gasteiger partial charge in [0.05, 0.1) is 17.0 Å². The molecule has 2 amide bonds. The summed E-state index contributed by atoms with van der Waals surface area (Å²) >= 11 is 4.22. The molecule has 1 heterocycles. The quantitative estimate of drug-likeness (QED) is 0.276. The van der Waals surface area contributed by atoms with Crippen molar-refractivity contribution in [2.24, 2.45) is 0 Å². The summed E-state index contributed by atoms with van der Waals surface area (Å²) in [5.74, 6) is -1.55. The SMILES string of the molecule is O=C(O)c1ccc(CN2C(=O)S/C(=C\c3ccc(/C=C/C(=O)c4cccc(Br)c4)cc3)C2=O)cc1. The Bertz CT molecular complexity index is 1380. The standard InChI is InChI=1S/C27H18BrNO5S/c28-22-3-1-2-21(15-22)23(30)13-10-17-4-6-18(7-5-17)14-24-25(31)29(27(34)35-24)16-19-8-11-20(12-9-19)26(32)33/h1-15H,16H2,(H,32,33)/b13-10+,24-14-. The summed E-state index contributed by atoms with van der Waals surface area (Å²) in [6, 6.07) is 20.5. The Morgan fingerprint density at radius 2 is 1.60 bits per heavy atom. The molecule has 0 bridgehead atoms. The molecule has 0 saturated carbocycles. The van der Waals surface area contributed by atoms with E-state index in [9.17, 15) is 19.2 Å². The number of halogens is 1. The molecular weight excluding hydrogens is 530 g/mol. The summed E-state index contributed by atoms with van der Waals surface area (Å²) in [7, 11) is 0. The number of allylic oxidation sites excluding steroid dienone is 1. The van der Waals surface area contributed by atoms with Gasteiger partial charge in [-0.1, -0.05) is 70.5 Å². The maximum atomic E-state index is 12.8. The zero-order valence-corrected chi connectivity index (χ0v) is 20.6. The number of carboxylic acid groups (broad SMARTS) is 1. The van der Waals surface area contributed by atoms with Crippen LogP contribution < -0.4 is 0 Å². The second-order valence-corrected chi connectivity index (χ2v) is 9.55. The lowest BCUT2D eigenvalue weighted by molar-refractivity contribution is -0.123. The lowest BCUT2D eigenvalue weighted by atomic mass is 10.1. The highest BCUT2D eigenvalue weighted by Crippen LogP contribution is 2.33. The van der Waals surface area contributed by atoms with Crippen LogP contribution in [0.2, 0.25) is 0 Å². The van der Waals surface area contributed by atoms with Crippen molar-refractivity contribution >= 4 is 62.7 Å². The van der Waals surface area contributed by atoms with Gasteiger partial charge in [-0.2, -0.15) is 0 Å². The number of imide groups is 1. The van der Waals surface area contributed by atoms with Gasteiger partial charge in [-0.25, -0.2) is 4.79 Å². The Kier molecular flexibility index (Phi) is 7.43. The third-order valence-electron chi connectivity index (χ3n) is 5.19. The Labute approximate surface area is 214 Å². The number of thioether (sulfide) groups is 1. The minimum atomic E-state index is -1.04. The van der Waals surface area contributed by atoms with Crippen molar-refractivity contribution in [2.45, 2.75) is 6.54 Å². The molecule has 4 rings (SSSR count). The van der Waals surface area contributed by atoms with Gasteiger partial charge in [-0.3, -0.25) is 19.3 Å². The van der Waals surface area contributed by atoms with Crippen molar-refractivity contribution in [3.63, 3.8) is 0 Å². The molecule has 174 valence electrons. The van der Waals surface area contributed by atoms with E-state index in [1.165, 1.54) is 18.2 Å². The van der Waals surface area contributed by atoms with Crippen LogP contribution in [0.3, 0.4) is 0 Å². The van der Waals surface area contributed by atoms with Gasteiger partial charge in [-0.15, -0.1) is 0 Å². The minimum Gasteiger partial charge on any atom is -0.478 e. The van der Waals surface area contributed by atoms with E-state index in [2.05, 4.69) is 15.9 Å². The molecule has 0 aliphatic carbocycles. The topological polar surface area (TPSA) is 91.8 Å². The molecule has 1 fully saturated rings. The lowest BCUT2D eigenvalue weighted by Gasteiger charge is -2.12. The van der Waals surface area contributed by atoms with Crippen molar-refractivity contribution in [3.8, 4) is 0 Å². The fourth-order valence-electron chi connectivity index (χ4n) is 3.34. The molecule has 0 spiro atoms. The molecule has 0 radical (unpaired) electrons. The van der Waals surface area contributed by atoms with Crippen LogP contribution in [0.1, 0.15) is 37.4 Å². The fourth-order valence-corrected chi connectivity index (χ4v) is 4.57. The van der Waals surface area contributed by atoms with Crippen LogP contribution in [-0.4, -0.2) is 32.9 Å². The molecule has 8 heteroatoms. The Hall–Kier alpha value is -3.75. The minimum absolute atomic E-state index is 0.0671. The number of rotatable bonds is 7. The smallest absolute Gasteiger partial charge is 0.335 e. The maximum Gasteiger partial charge on any atom is 0.335 e. The van der Waals surface area contributed by atoms with Crippen LogP contribution in [0.15, 0.2) is 88.3 Å². The van der Waals surface area contributed by atoms with Gasteiger partial charge in [0.15, 0.2) is 5.78 Å². The average Bonchev–Trinajstić information content (AvgIpc) is 3.11. The fraction of sp³-hybridized carbons (Fsp3) is 0.0370. The molecule has 1 aliphatic heterocycles. The van der Waals surface area contributed by atoms with Gasteiger partial charge >= 0.3 is 5.97 Å². The number of hydrogen-bond acceptors (Lipinski definition) is 5. The van der Waals surface area contributed by atoms with Crippen LogP contribution in [0.4, 0.5) is 4.79 Å². The summed E-state index contributed by atoms with van der Waals surface area (Å²) < 4.78 is 0.835. The molecule has 3 aromatic carbocycles. The zero-order valence-electron chi connectivity index (χ0n) is 18.2. The predicted molar refractivity (Wildman–Crippen MR) is 139 cm³/mol. The van der Waals surface area contributed by atoms with Gasteiger partial charge in [0, 0.05) is 10.0 Å². The number of nitrogens with zero attached hydrogens (tertiary/aromatic N) is 1. The number of carbonyl (C=O) groups is 4. The van der Waals surface area contributed by atoms with E-state index >= 15 is 0 Å². The molecule has 0 aromatic heterocycles. The molecule has 1 N–H and O–H groups in total. The summed E-state index contributed by atoms with van der Waals surface area (Å²) in [5.41, 5.74) is 2.95. The first-order valence-electron chi connectivity index (χ1n) is 10.5. The van der Waals surface area contributed by atoms with Gasteiger partial charge in [0.2, 0.25) is 0 Å². The second-order valence-electron chi connectivity index (χ2n) is 7.64. The summed E-state index contributed by atoms with van der Waals surface area (Å²) in [4.78, 5) is 49.9. The van der Waals surface area contributed by atoms with E-state index in [-0.39, 0.29) is 23.1 Å². The van der Waals surface area contributed by atoms with Crippen LogP contribution >= 0.6 is 27.7 Å². The average molecular weight is 548 g/mol. The van der Waals surface area contributed by atoms with Gasteiger partial charge in [0.1, 0.15) is 0 Å². The Morgan fingerprint density at radius 3 is 2.26 bits per heavy atom. The number of carbonyl (C=O) groups excluding carboxylic acids is 3. The molecule has 1 aliphatic rings. The van der Waals surface area contributed by atoms with E-state index < -0.39 is 11.9 Å². The van der Waals surface area contributed by atoms with Gasteiger partial charge in [0.25, 0.3) is 11.1 Å². The van der Waals surface area contributed by atoms with E-state index in [1.807, 2.05) is 30.3 Å². The van der Waals surface area contributed by atoms with Gasteiger partial charge < -0.3 is 5.11 Å². The normalized spacial score (nSPS) is 14.8. The largest absolute Gasteiger partial charge is 0.478 e. The molecule has 35 heavy (non-hydrogen) atoms. The highest BCUT2D eigenvalue weighted by atomic mass is 79.9. The number of benzene rings is 3. The number of carboxylic acids is 1. The molecule has 1 saturated heterocycles. The molecule has 0 atom stereocenters. The second kappa shape index (κ2) is 10.7. The van der Waals surface area contributed by atoms with E-state index in [0.717, 1.165) is 32.3 Å². The molecule has 6 nitrogen and oxygen atoms in total. The van der Waals surface area contributed by atoms with Gasteiger partial charge in [-0.05, 0) is 64.9 Å². The van der Waals surface area contributed by atoms with Crippen molar-refractivity contribution in [3.05, 3.63) is 116 Å². The Balaban J connectivity index is 1.42. The monoisotopic (exact) mass is 547 g/mol. The number of amides is 2. The number of ketones is 1. The first kappa shape index (κ1) is 24.4. The van der Waals surface area contributed by atoms with E-state index in [4.69, 9.17) is 5.11 Å². The third-order valence-corrected chi connectivity index (χ3v) is 6.59. The highest BCUT2D eigenvalue weighted by molar-refractivity contribution is 9.10. The van der Waals surface area contributed by atoms with Crippen molar-refractivity contribution in [1.29, 1.82) is 0 Å². The predicted octanol–water partition coefficient (Wildman–Crippen LogP) is 6.28. The maximum absolute atomic E-state index is 12.8. The van der Waals surface area contributed by atoms with E-state index in [0.29, 0.717) is 16.0 Å². The Morgan fingerprint density at radius 1 is 0.914 bits per heavy atom. The van der Waals surface area contributed by atoms with Crippen molar-refractivity contribution in [1.82, 2.24) is 4.90 Å². The van der Waals surface area contributed by atoms with Crippen LogP contribution in [0.5, 0.6) is 0 Å². The van der Waals surface area contributed by atoms with E-state index in [1.54, 1.807) is 42.5 Å². The number of aromatic carboxylic acids is 1. The zero-order chi connectivity index (χ0) is 24.9. The third kappa shape index (κ3) is 6.03.